The standard InChI is InChI=1S/C14H20N8O/c15-14-20-12(17-3-4-22-5-7-23-8-6-22)9-13(21-14)19-11-1-2-16-10-18-11/h1-2,9-10H,3-8H2,(H4,15,16,17,18,19,20,21). The first-order chi connectivity index (χ1) is 11.3. The van der Waals surface area contributed by atoms with Crippen molar-refractivity contribution in [1.82, 2.24) is 24.8 Å². The van der Waals surface area contributed by atoms with Gasteiger partial charge >= 0.3 is 0 Å². The summed E-state index contributed by atoms with van der Waals surface area (Å²) in [5, 5.41) is 6.35. The minimum atomic E-state index is 0.206. The van der Waals surface area contributed by atoms with Crippen LogP contribution in [0.4, 0.5) is 23.4 Å². The molecular weight excluding hydrogens is 296 g/mol. The lowest BCUT2D eigenvalue weighted by Gasteiger charge is -2.26. The molecule has 0 spiro atoms. The molecule has 1 fully saturated rings. The molecule has 9 nitrogen and oxygen atoms in total. The van der Waals surface area contributed by atoms with Crippen LogP contribution >= 0.6 is 0 Å². The molecule has 2 aromatic heterocycles. The molecule has 0 aliphatic carbocycles. The molecule has 2 aromatic rings. The molecule has 0 amide bonds. The molecular formula is C14H20N8O. The SMILES string of the molecule is Nc1nc(NCCN2CCOCC2)cc(Nc2ccncn2)n1. The molecule has 23 heavy (non-hydrogen) atoms. The predicted octanol–water partition coefficient (Wildman–Crippen LogP) is 0.336. The first-order valence-electron chi connectivity index (χ1n) is 7.51. The van der Waals surface area contributed by atoms with Gasteiger partial charge in [-0.15, -0.1) is 0 Å². The number of nitrogens with two attached hydrogens (primary N) is 1. The van der Waals surface area contributed by atoms with Crippen LogP contribution in [0, 0.1) is 0 Å². The molecule has 0 saturated carbocycles. The second-order valence-electron chi connectivity index (χ2n) is 5.10. The van der Waals surface area contributed by atoms with Crippen LogP contribution < -0.4 is 16.4 Å². The van der Waals surface area contributed by atoms with E-state index >= 15 is 0 Å². The summed E-state index contributed by atoms with van der Waals surface area (Å²) < 4.78 is 5.33. The van der Waals surface area contributed by atoms with Crippen molar-refractivity contribution in [1.29, 1.82) is 0 Å². The van der Waals surface area contributed by atoms with Gasteiger partial charge in [-0.1, -0.05) is 0 Å². The van der Waals surface area contributed by atoms with Crippen LogP contribution in [0.5, 0.6) is 0 Å². The normalized spacial score (nSPS) is 15.3. The fourth-order valence-corrected chi connectivity index (χ4v) is 2.28. The zero-order valence-corrected chi connectivity index (χ0v) is 12.8. The zero-order valence-electron chi connectivity index (χ0n) is 12.8. The number of hydrogen-bond acceptors (Lipinski definition) is 9. The summed E-state index contributed by atoms with van der Waals surface area (Å²) in [7, 11) is 0. The van der Waals surface area contributed by atoms with E-state index in [4.69, 9.17) is 10.5 Å². The molecule has 0 radical (unpaired) electrons. The monoisotopic (exact) mass is 316 g/mol. The topological polar surface area (TPSA) is 114 Å². The molecule has 1 aliphatic rings. The number of morpholine rings is 1. The second kappa shape index (κ2) is 7.65. The average Bonchev–Trinajstić information content (AvgIpc) is 2.56. The fourth-order valence-electron chi connectivity index (χ4n) is 2.28. The first-order valence-corrected chi connectivity index (χ1v) is 7.51. The van der Waals surface area contributed by atoms with Gasteiger partial charge in [-0.25, -0.2) is 9.97 Å². The van der Waals surface area contributed by atoms with E-state index in [1.165, 1.54) is 6.33 Å². The minimum Gasteiger partial charge on any atom is -0.379 e. The molecule has 1 aliphatic heterocycles. The summed E-state index contributed by atoms with van der Waals surface area (Å²) in [6, 6.07) is 3.56. The molecule has 122 valence electrons. The Morgan fingerprint density at radius 3 is 2.78 bits per heavy atom. The van der Waals surface area contributed by atoms with Gasteiger partial charge in [-0.3, -0.25) is 4.90 Å². The number of nitrogens with one attached hydrogen (secondary N) is 2. The molecule has 9 heteroatoms. The van der Waals surface area contributed by atoms with Crippen LogP contribution in [0.2, 0.25) is 0 Å². The maximum absolute atomic E-state index is 5.77. The van der Waals surface area contributed by atoms with Crippen LogP contribution in [0.3, 0.4) is 0 Å². The number of ether oxygens (including phenoxy) is 1. The number of rotatable bonds is 6. The Bertz CT molecular complexity index is 617. The van der Waals surface area contributed by atoms with Crippen molar-refractivity contribution in [2.75, 3.05) is 55.8 Å². The summed E-state index contributed by atoms with van der Waals surface area (Å²) in [6.07, 6.45) is 3.12. The Morgan fingerprint density at radius 2 is 2.00 bits per heavy atom. The third-order valence-electron chi connectivity index (χ3n) is 3.42. The van der Waals surface area contributed by atoms with Crippen LogP contribution in [0.25, 0.3) is 0 Å². The van der Waals surface area contributed by atoms with E-state index in [1.54, 1.807) is 18.3 Å². The van der Waals surface area contributed by atoms with Crippen molar-refractivity contribution in [3.05, 3.63) is 24.7 Å². The lowest BCUT2D eigenvalue weighted by Crippen LogP contribution is -2.39. The molecule has 0 atom stereocenters. The van der Waals surface area contributed by atoms with Gasteiger partial charge in [0.15, 0.2) is 0 Å². The van der Waals surface area contributed by atoms with Gasteiger partial charge in [0.2, 0.25) is 5.95 Å². The van der Waals surface area contributed by atoms with Gasteiger partial charge in [0.1, 0.15) is 23.8 Å². The largest absolute Gasteiger partial charge is 0.379 e. The molecule has 3 rings (SSSR count). The van der Waals surface area contributed by atoms with Crippen LogP contribution in [-0.2, 0) is 4.74 Å². The highest BCUT2D eigenvalue weighted by Gasteiger charge is 2.10. The van der Waals surface area contributed by atoms with E-state index in [0.29, 0.717) is 17.5 Å². The highest BCUT2D eigenvalue weighted by Crippen LogP contribution is 2.16. The second-order valence-corrected chi connectivity index (χ2v) is 5.10. The van der Waals surface area contributed by atoms with Gasteiger partial charge in [0.25, 0.3) is 0 Å². The Morgan fingerprint density at radius 1 is 1.17 bits per heavy atom. The third-order valence-corrected chi connectivity index (χ3v) is 3.42. The van der Waals surface area contributed by atoms with E-state index in [2.05, 4.69) is 35.5 Å². The Balaban J connectivity index is 1.56. The number of hydrogen-bond donors (Lipinski definition) is 3. The van der Waals surface area contributed by atoms with Gasteiger partial charge in [0.05, 0.1) is 13.2 Å². The van der Waals surface area contributed by atoms with Crippen LogP contribution in [0.15, 0.2) is 24.7 Å². The van der Waals surface area contributed by atoms with Gasteiger partial charge < -0.3 is 21.1 Å². The van der Waals surface area contributed by atoms with Crippen molar-refractivity contribution in [2.45, 2.75) is 0 Å². The summed E-state index contributed by atoms with van der Waals surface area (Å²) >= 11 is 0. The van der Waals surface area contributed by atoms with E-state index in [9.17, 15) is 0 Å². The smallest absolute Gasteiger partial charge is 0.223 e. The zero-order chi connectivity index (χ0) is 15.9. The van der Waals surface area contributed by atoms with Crippen molar-refractivity contribution in [3.8, 4) is 0 Å². The lowest BCUT2D eigenvalue weighted by molar-refractivity contribution is 0.0398. The molecule has 0 bridgehead atoms. The molecule has 3 heterocycles. The van der Waals surface area contributed by atoms with Crippen molar-refractivity contribution < 1.29 is 4.74 Å². The van der Waals surface area contributed by atoms with Gasteiger partial charge in [0, 0.05) is 38.4 Å². The van der Waals surface area contributed by atoms with E-state index in [1.807, 2.05) is 0 Å². The lowest BCUT2D eigenvalue weighted by atomic mass is 10.4. The van der Waals surface area contributed by atoms with Crippen molar-refractivity contribution >= 4 is 23.4 Å². The molecule has 0 aromatic carbocycles. The number of aromatic nitrogens is 4. The molecule has 1 saturated heterocycles. The minimum absolute atomic E-state index is 0.206. The summed E-state index contributed by atoms with van der Waals surface area (Å²) in [5.74, 6) is 2.13. The number of anilines is 4. The van der Waals surface area contributed by atoms with Crippen molar-refractivity contribution in [2.24, 2.45) is 0 Å². The maximum Gasteiger partial charge on any atom is 0.223 e. The van der Waals surface area contributed by atoms with Gasteiger partial charge in [-0.2, -0.15) is 9.97 Å². The summed E-state index contributed by atoms with van der Waals surface area (Å²) in [6.45, 7) is 5.24. The maximum atomic E-state index is 5.77. The van der Waals surface area contributed by atoms with E-state index < -0.39 is 0 Å². The summed E-state index contributed by atoms with van der Waals surface area (Å²) in [4.78, 5) is 18.7. The quantitative estimate of drug-likeness (QED) is 0.693. The predicted molar refractivity (Wildman–Crippen MR) is 87.5 cm³/mol. The van der Waals surface area contributed by atoms with Crippen LogP contribution in [0.1, 0.15) is 0 Å². The number of nitrogens with zero attached hydrogens (tertiary/aromatic N) is 5. The van der Waals surface area contributed by atoms with Crippen molar-refractivity contribution in [3.63, 3.8) is 0 Å². The Hall–Kier alpha value is -2.52. The number of nitrogen functional groups attached to an aromatic ring is 1. The summed E-state index contributed by atoms with van der Waals surface area (Å²) in [5.41, 5.74) is 5.77. The third kappa shape index (κ3) is 4.73. The van der Waals surface area contributed by atoms with E-state index in [0.717, 1.165) is 39.4 Å². The fraction of sp³-hybridized carbons (Fsp3) is 0.429. The molecule has 4 N–H and O–H groups in total. The van der Waals surface area contributed by atoms with Crippen LogP contribution in [-0.4, -0.2) is 64.2 Å². The first kappa shape index (κ1) is 15.4. The average molecular weight is 316 g/mol. The molecule has 0 unspecified atom stereocenters. The Labute approximate surface area is 134 Å². The highest BCUT2D eigenvalue weighted by molar-refractivity contribution is 5.57. The highest BCUT2D eigenvalue weighted by atomic mass is 16.5. The Kier molecular flexibility index (Phi) is 5.12. The van der Waals surface area contributed by atoms with Gasteiger partial charge in [-0.05, 0) is 6.07 Å². The van der Waals surface area contributed by atoms with E-state index in [-0.39, 0.29) is 5.95 Å².